The number of anilines is 2. The maximum absolute atomic E-state index is 5.87. The van der Waals surface area contributed by atoms with Crippen LogP contribution in [0, 0.1) is 0 Å². The average Bonchev–Trinajstić information content (AvgIpc) is 2.13. The zero-order valence-electron chi connectivity index (χ0n) is 10.3. The molecule has 1 aromatic heterocycles. The third-order valence-electron chi connectivity index (χ3n) is 3.65. The van der Waals surface area contributed by atoms with E-state index in [1.807, 2.05) is 6.07 Å². The summed E-state index contributed by atoms with van der Waals surface area (Å²) in [5.74, 6) is 0.753. The fraction of sp³-hybridized carbons (Fsp3) is 0.583. The monoisotopic (exact) mass is 254 g/mol. The van der Waals surface area contributed by atoms with Crippen molar-refractivity contribution < 1.29 is 0 Å². The molecule has 0 saturated heterocycles. The summed E-state index contributed by atoms with van der Waals surface area (Å²) in [5.41, 5.74) is 6.63. The summed E-state index contributed by atoms with van der Waals surface area (Å²) in [7, 11) is 4.25. The third kappa shape index (κ3) is 2.64. The Balaban J connectivity index is 2.02. The zero-order valence-corrected chi connectivity index (χ0v) is 11.1. The minimum atomic E-state index is 0.263. The van der Waals surface area contributed by atoms with Crippen LogP contribution in [0.2, 0.25) is 5.15 Å². The van der Waals surface area contributed by atoms with Gasteiger partial charge in [0, 0.05) is 23.8 Å². The lowest BCUT2D eigenvalue weighted by molar-refractivity contribution is 0.0738. The van der Waals surface area contributed by atoms with Crippen LogP contribution in [0.5, 0.6) is 0 Å². The highest BCUT2D eigenvalue weighted by molar-refractivity contribution is 6.29. The maximum Gasteiger partial charge on any atom is 0.133 e. The first-order chi connectivity index (χ1) is 8.02. The first-order valence-electron chi connectivity index (χ1n) is 5.86. The second-order valence-corrected chi connectivity index (χ2v) is 5.32. The van der Waals surface area contributed by atoms with Gasteiger partial charge in [0.15, 0.2) is 0 Å². The summed E-state index contributed by atoms with van der Waals surface area (Å²) in [6.07, 6.45) is 3.75. The molecule has 0 amide bonds. The number of hydrogen-bond acceptors (Lipinski definition) is 4. The highest BCUT2D eigenvalue weighted by Gasteiger charge is 2.38. The predicted octanol–water partition coefficient (Wildman–Crippen LogP) is 2.21. The number of rotatable bonds is 4. The molecule has 0 radical (unpaired) electrons. The highest BCUT2D eigenvalue weighted by Crippen LogP contribution is 2.36. The van der Waals surface area contributed by atoms with Gasteiger partial charge in [0.25, 0.3) is 0 Å². The van der Waals surface area contributed by atoms with Crippen molar-refractivity contribution in [1.82, 2.24) is 9.88 Å². The largest absolute Gasteiger partial charge is 0.399 e. The number of nitrogens with one attached hydrogen (secondary N) is 1. The molecule has 1 fully saturated rings. The van der Waals surface area contributed by atoms with E-state index in [1.54, 1.807) is 6.07 Å². The van der Waals surface area contributed by atoms with Gasteiger partial charge in [-0.05, 0) is 39.4 Å². The molecule has 1 heterocycles. The Morgan fingerprint density at radius 3 is 2.65 bits per heavy atom. The summed E-state index contributed by atoms with van der Waals surface area (Å²) >= 11 is 5.87. The fourth-order valence-corrected chi connectivity index (χ4v) is 2.45. The Hall–Kier alpha value is -1.00. The molecule has 0 aliphatic heterocycles. The molecule has 3 N–H and O–H groups in total. The third-order valence-corrected chi connectivity index (χ3v) is 3.84. The van der Waals surface area contributed by atoms with Gasteiger partial charge in [0.2, 0.25) is 0 Å². The van der Waals surface area contributed by atoms with Crippen LogP contribution in [0.3, 0.4) is 0 Å². The summed E-state index contributed by atoms with van der Waals surface area (Å²) < 4.78 is 0. The SMILES string of the molecule is CN(C)C1(CNc2cc(N)cc(Cl)n2)CCC1. The van der Waals surface area contributed by atoms with Crippen LogP contribution < -0.4 is 11.1 Å². The Bertz CT molecular complexity index is 381. The number of nitrogens with two attached hydrogens (primary N) is 1. The van der Waals surface area contributed by atoms with E-state index in [9.17, 15) is 0 Å². The fourth-order valence-electron chi connectivity index (χ4n) is 2.23. The van der Waals surface area contributed by atoms with E-state index < -0.39 is 0 Å². The van der Waals surface area contributed by atoms with E-state index in [4.69, 9.17) is 17.3 Å². The standard InChI is InChI=1S/C12H19ClN4/c1-17(2)12(4-3-5-12)8-15-11-7-9(14)6-10(13)16-11/h6-7H,3-5,8H2,1-2H3,(H3,14,15,16). The molecule has 0 spiro atoms. The second kappa shape index (κ2) is 4.70. The smallest absolute Gasteiger partial charge is 0.133 e. The van der Waals surface area contributed by atoms with Crippen molar-refractivity contribution in [3.8, 4) is 0 Å². The average molecular weight is 255 g/mol. The molecule has 1 aliphatic rings. The van der Waals surface area contributed by atoms with E-state index in [2.05, 4.69) is 29.3 Å². The number of likely N-dealkylation sites (N-methyl/N-ethyl adjacent to an activating group) is 1. The van der Waals surface area contributed by atoms with Crippen LogP contribution in [0.25, 0.3) is 0 Å². The van der Waals surface area contributed by atoms with Gasteiger partial charge in [0.1, 0.15) is 11.0 Å². The van der Waals surface area contributed by atoms with Gasteiger partial charge < -0.3 is 16.0 Å². The van der Waals surface area contributed by atoms with Crippen molar-refractivity contribution in [3.05, 3.63) is 17.3 Å². The first-order valence-corrected chi connectivity index (χ1v) is 6.24. The van der Waals surface area contributed by atoms with E-state index >= 15 is 0 Å². The van der Waals surface area contributed by atoms with Gasteiger partial charge in [-0.2, -0.15) is 0 Å². The minimum Gasteiger partial charge on any atom is -0.399 e. The molecule has 4 nitrogen and oxygen atoms in total. The minimum absolute atomic E-state index is 0.263. The topological polar surface area (TPSA) is 54.2 Å². The van der Waals surface area contributed by atoms with Crippen LogP contribution in [-0.4, -0.2) is 36.1 Å². The van der Waals surface area contributed by atoms with Crippen molar-refractivity contribution >= 4 is 23.1 Å². The number of pyridine rings is 1. The Kier molecular flexibility index (Phi) is 3.45. The lowest BCUT2D eigenvalue weighted by atomic mass is 9.75. The van der Waals surface area contributed by atoms with E-state index in [0.29, 0.717) is 10.8 Å². The van der Waals surface area contributed by atoms with Crippen molar-refractivity contribution in [3.63, 3.8) is 0 Å². The number of aromatic nitrogens is 1. The lowest BCUT2D eigenvalue weighted by Gasteiger charge is -2.47. The van der Waals surface area contributed by atoms with Crippen molar-refractivity contribution in [2.45, 2.75) is 24.8 Å². The molecule has 17 heavy (non-hydrogen) atoms. The number of halogens is 1. The molecular weight excluding hydrogens is 236 g/mol. The normalized spacial score (nSPS) is 17.9. The van der Waals surface area contributed by atoms with Gasteiger partial charge in [-0.1, -0.05) is 11.6 Å². The van der Waals surface area contributed by atoms with Crippen molar-refractivity contribution in [1.29, 1.82) is 0 Å². The van der Waals surface area contributed by atoms with Crippen LogP contribution in [0.1, 0.15) is 19.3 Å². The number of nitrogens with zero attached hydrogens (tertiary/aromatic N) is 2. The molecule has 94 valence electrons. The molecular formula is C12H19ClN4. The quantitative estimate of drug-likeness (QED) is 0.809. The van der Waals surface area contributed by atoms with E-state index in [1.165, 1.54) is 19.3 Å². The molecule has 0 atom stereocenters. The molecule has 1 saturated carbocycles. The molecule has 2 rings (SSSR count). The highest BCUT2D eigenvalue weighted by atomic mass is 35.5. The van der Waals surface area contributed by atoms with Gasteiger partial charge in [-0.15, -0.1) is 0 Å². The van der Waals surface area contributed by atoms with Crippen molar-refractivity contribution in [2.24, 2.45) is 0 Å². The summed E-state index contributed by atoms with van der Waals surface area (Å²) in [6, 6.07) is 3.46. The van der Waals surface area contributed by atoms with Crippen LogP contribution >= 0.6 is 11.6 Å². The van der Waals surface area contributed by atoms with E-state index in [-0.39, 0.29) is 5.54 Å². The van der Waals surface area contributed by atoms with Gasteiger partial charge in [-0.3, -0.25) is 0 Å². The van der Waals surface area contributed by atoms with Gasteiger partial charge in [-0.25, -0.2) is 4.98 Å². The van der Waals surface area contributed by atoms with Crippen molar-refractivity contribution in [2.75, 3.05) is 31.7 Å². The molecule has 0 unspecified atom stereocenters. The Morgan fingerprint density at radius 2 is 2.18 bits per heavy atom. The zero-order chi connectivity index (χ0) is 12.5. The van der Waals surface area contributed by atoms with E-state index in [0.717, 1.165) is 12.4 Å². The summed E-state index contributed by atoms with van der Waals surface area (Å²) in [6.45, 7) is 0.882. The molecule has 5 heteroatoms. The molecule has 0 bridgehead atoms. The summed E-state index contributed by atoms with van der Waals surface area (Å²) in [5, 5.41) is 3.76. The lowest BCUT2D eigenvalue weighted by Crippen LogP contribution is -2.54. The number of hydrogen-bond donors (Lipinski definition) is 2. The van der Waals surface area contributed by atoms with Crippen LogP contribution in [-0.2, 0) is 0 Å². The van der Waals surface area contributed by atoms with Gasteiger partial charge in [0.05, 0.1) is 0 Å². The Morgan fingerprint density at radius 1 is 1.47 bits per heavy atom. The molecule has 0 aromatic carbocycles. The van der Waals surface area contributed by atoms with Crippen LogP contribution in [0.4, 0.5) is 11.5 Å². The second-order valence-electron chi connectivity index (χ2n) is 4.93. The maximum atomic E-state index is 5.87. The summed E-state index contributed by atoms with van der Waals surface area (Å²) in [4.78, 5) is 6.50. The van der Waals surface area contributed by atoms with Crippen LogP contribution in [0.15, 0.2) is 12.1 Å². The first kappa shape index (κ1) is 12.5. The van der Waals surface area contributed by atoms with Gasteiger partial charge >= 0.3 is 0 Å². The predicted molar refractivity (Wildman–Crippen MR) is 72.4 cm³/mol. The molecule has 1 aromatic rings. The Labute approximate surface area is 107 Å². The molecule has 1 aliphatic carbocycles. The number of nitrogen functional groups attached to an aromatic ring is 1.